The van der Waals surface area contributed by atoms with Crippen LogP contribution in [0.4, 0.5) is 4.39 Å². The molecule has 0 atom stereocenters. The monoisotopic (exact) mass is 314 g/mol. The summed E-state index contributed by atoms with van der Waals surface area (Å²) in [6.45, 7) is 1.10. The molecule has 2 aromatic carbocycles. The van der Waals surface area contributed by atoms with Crippen LogP contribution in [0.1, 0.15) is 22.8 Å². The molecule has 0 fully saturated rings. The molecule has 0 saturated heterocycles. The van der Waals surface area contributed by atoms with Crippen LogP contribution in [0.5, 0.6) is 0 Å². The van der Waals surface area contributed by atoms with E-state index >= 15 is 0 Å². The predicted octanol–water partition coefficient (Wildman–Crippen LogP) is 2.86. The highest BCUT2D eigenvalue weighted by Gasteiger charge is 2.19. The number of benzene rings is 2. The first-order chi connectivity index (χ1) is 11.0. The molecule has 0 unspecified atom stereocenters. The molecular formula is C17H15FN2O3. The number of carbonyl (C=O) groups excluding carboxylic acids is 1. The molecule has 2 aromatic rings. The summed E-state index contributed by atoms with van der Waals surface area (Å²) in [4.78, 5) is 12.2. The Kier molecular flexibility index (Phi) is 5.19. The first-order valence-corrected chi connectivity index (χ1v) is 6.87. The van der Waals surface area contributed by atoms with Crippen molar-refractivity contribution in [2.24, 2.45) is 5.16 Å². The second-order valence-electron chi connectivity index (χ2n) is 4.87. The quantitative estimate of drug-likeness (QED) is 0.230. The largest absolute Gasteiger partial charge is 0.623 e. The fourth-order valence-corrected chi connectivity index (χ4v) is 1.99. The molecule has 0 aliphatic rings. The highest BCUT2D eigenvalue weighted by Crippen LogP contribution is 2.06. The van der Waals surface area contributed by atoms with E-state index in [0.29, 0.717) is 10.3 Å². The molecule has 0 bridgehead atoms. The molecule has 118 valence electrons. The van der Waals surface area contributed by atoms with Crippen LogP contribution in [0.25, 0.3) is 0 Å². The van der Waals surface area contributed by atoms with Crippen molar-refractivity contribution in [1.29, 1.82) is 0 Å². The molecule has 0 amide bonds. The predicted molar refractivity (Wildman–Crippen MR) is 84.7 cm³/mol. The fourth-order valence-electron chi connectivity index (χ4n) is 1.99. The Hall–Kier alpha value is -3.02. The van der Waals surface area contributed by atoms with Gasteiger partial charge in [0.25, 0.3) is 5.78 Å². The van der Waals surface area contributed by atoms with Gasteiger partial charge >= 0.3 is 0 Å². The molecule has 0 aromatic heterocycles. The zero-order valence-corrected chi connectivity index (χ0v) is 12.4. The Balaban J connectivity index is 2.22. The SMILES string of the molecule is CC(C(=O)c1ccc(F)cc1)=[N+]([O-])CC(=NO)c1ccccc1. The van der Waals surface area contributed by atoms with Crippen molar-refractivity contribution in [3.63, 3.8) is 0 Å². The van der Waals surface area contributed by atoms with Gasteiger partial charge in [0, 0.05) is 18.1 Å². The number of rotatable bonds is 5. The third-order valence-corrected chi connectivity index (χ3v) is 3.33. The van der Waals surface area contributed by atoms with Crippen molar-refractivity contribution in [3.8, 4) is 0 Å². The standard InChI is InChI=1S/C17H15FN2O3/c1-12(17(21)14-7-9-15(18)10-8-14)20(23)11-16(19-22)13-5-3-2-4-6-13/h2-10,22H,11H2,1H3. The van der Waals surface area contributed by atoms with E-state index in [-0.39, 0.29) is 23.5 Å². The maximum atomic E-state index is 12.9. The molecule has 0 spiro atoms. The van der Waals surface area contributed by atoms with Gasteiger partial charge in [0.1, 0.15) is 5.82 Å². The van der Waals surface area contributed by atoms with Crippen LogP contribution in [-0.2, 0) is 0 Å². The lowest BCUT2D eigenvalue weighted by atomic mass is 10.1. The smallest absolute Gasteiger partial charge is 0.252 e. The summed E-state index contributed by atoms with van der Waals surface area (Å²) in [6.07, 6.45) is 0. The van der Waals surface area contributed by atoms with Crippen LogP contribution in [0.15, 0.2) is 59.8 Å². The molecular weight excluding hydrogens is 299 g/mol. The van der Waals surface area contributed by atoms with Gasteiger partial charge in [-0.25, -0.2) is 4.39 Å². The number of ketones is 1. The summed E-state index contributed by atoms with van der Waals surface area (Å²) in [7, 11) is 0. The Morgan fingerprint density at radius 3 is 2.30 bits per heavy atom. The third kappa shape index (κ3) is 4.00. The second kappa shape index (κ2) is 7.31. The van der Waals surface area contributed by atoms with Gasteiger partial charge in [-0.15, -0.1) is 0 Å². The van der Waals surface area contributed by atoms with Crippen LogP contribution in [0.3, 0.4) is 0 Å². The van der Waals surface area contributed by atoms with Crippen molar-refractivity contribution in [2.75, 3.05) is 6.54 Å². The number of carbonyl (C=O) groups is 1. The Labute approximate surface area is 132 Å². The van der Waals surface area contributed by atoms with Crippen LogP contribution < -0.4 is 0 Å². The van der Waals surface area contributed by atoms with Crippen molar-refractivity contribution >= 4 is 17.2 Å². The lowest BCUT2D eigenvalue weighted by Crippen LogP contribution is -2.27. The number of hydrogen-bond donors (Lipinski definition) is 1. The van der Waals surface area contributed by atoms with Crippen LogP contribution >= 0.6 is 0 Å². The van der Waals surface area contributed by atoms with E-state index < -0.39 is 11.6 Å². The molecule has 1 N–H and O–H groups in total. The van der Waals surface area contributed by atoms with Gasteiger partial charge in [0.2, 0.25) is 5.71 Å². The summed E-state index contributed by atoms with van der Waals surface area (Å²) in [5, 5.41) is 24.4. The minimum absolute atomic E-state index is 0.0753. The lowest BCUT2D eigenvalue weighted by Gasteiger charge is -2.09. The van der Waals surface area contributed by atoms with Crippen molar-refractivity contribution in [3.05, 3.63) is 76.7 Å². The van der Waals surface area contributed by atoms with Crippen molar-refractivity contribution < 1.29 is 19.1 Å². The average molecular weight is 314 g/mol. The number of oxime groups is 1. The average Bonchev–Trinajstić information content (AvgIpc) is 2.59. The number of nitrogens with zero attached hydrogens (tertiary/aromatic N) is 2. The van der Waals surface area contributed by atoms with Crippen LogP contribution in [0.2, 0.25) is 0 Å². The minimum Gasteiger partial charge on any atom is -0.623 e. The van der Waals surface area contributed by atoms with Gasteiger partial charge in [-0.3, -0.25) is 4.79 Å². The summed E-state index contributed by atoms with van der Waals surface area (Å²) in [6, 6.07) is 13.6. The van der Waals surface area contributed by atoms with E-state index in [1.54, 1.807) is 30.3 Å². The maximum absolute atomic E-state index is 12.9. The number of Topliss-reactive ketones (excluding diaryl/α,β-unsaturated/α-hetero) is 1. The minimum atomic E-state index is -0.509. The maximum Gasteiger partial charge on any atom is 0.252 e. The number of hydroxylamine groups is 1. The molecule has 5 nitrogen and oxygen atoms in total. The summed E-state index contributed by atoms with van der Waals surface area (Å²) >= 11 is 0. The van der Waals surface area contributed by atoms with Crippen LogP contribution in [-0.4, -0.2) is 33.7 Å². The zero-order valence-electron chi connectivity index (χ0n) is 12.4. The van der Waals surface area contributed by atoms with Gasteiger partial charge < -0.3 is 10.4 Å². The van der Waals surface area contributed by atoms with E-state index in [4.69, 9.17) is 5.21 Å². The van der Waals surface area contributed by atoms with E-state index in [0.717, 1.165) is 12.1 Å². The molecule has 0 aliphatic heterocycles. The topological polar surface area (TPSA) is 75.7 Å². The second-order valence-corrected chi connectivity index (χ2v) is 4.87. The zero-order chi connectivity index (χ0) is 16.8. The Morgan fingerprint density at radius 2 is 1.74 bits per heavy atom. The normalized spacial score (nSPS) is 12.7. The lowest BCUT2D eigenvalue weighted by molar-refractivity contribution is -0.439. The third-order valence-electron chi connectivity index (χ3n) is 3.33. The van der Waals surface area contributed by atoms with Gasteiger partial charge in [-0.05, 0) is 24.3 Å². The van der Waals surface area contributed by atoms with E-state index in [1.165, 1.54) is 19.1 Å². The fraction of sp³-hybridized carbons (Fsp3) is 0.118. The van der Waals surface area contributed by atoms with Crippen molar-refractivity contribution in [2.45, 2.75) is 6.92 Å². The number of halogens is 1. The van der Waals surface area contributed by atoms with Crippen molar-refractivity contribution in [1.82, 2.24) is 0 Å². The van der Waals surface area contributed by atoms with Gasteiger partial charge in [-0.1, -0.05) is 35.5 Å². The van der Waals surface area contributed by atoms with E-state index in [1.807, 2.05) is 0 Å². The molecule has 2 rings (SSSR count). The molecule has 0 aliphatic carbocycles. The highest BCUT2D eigenvalue weighted by atomic mass is 19.1. The molecule has 0 radical (unpaired) electrons. The number of hydrogen-bond acceptors (Lipinski definition) is 4. The van der Waals surface area contributed by atoms with E-state index in [9.17, 15) is 14.4 Å². The Morgan fingerprint density at radius 1 is 1.13 bits per heavy atom. The molecule has 23 heavy (non-hydrogen) atoms. The first kappa shape index (κ1) is 16.4. The summed E-state index contributed by atoms with van der Waals surface area (Å²) < 4.78 is 13.3. The summed E-state index contributed by atoms with van der Waals surface area (Å²) in [5.74, 6) is -0.970. The molecule has 0 saturated carbocycles. The summed E-state index contributed by atoms with van der Waals surface area (Å²) in [5.41, 5.74) is 0.866. The molecule has 0 heterocycles. The Bertz CT molecular complexity index is 753. The first-order valence-electron chi connectivity index (χ1n) is 6.87. The van der Waals surface area contributed by atoms with Gasteiger partial charge in [0.05, 0.1) is 0 Å². The van der Waals surface area contributed by atoms with Crippen LogP contribution in [0, 0.1) is 11.0 Å². The molecule has 6 heteroatoms. The van der Waals surface area contributed by atoms with E-state index in [2.05, 4.69) is 5.16 Å². The van der Waals surface area contributed by atoms with Gasteiger partial charge in [-0.2, -0.15) is 4.74 Å². The highest BCUT2D eigenvalue weighted by molar-refractivity contribution is 6.43. The van der Waals surface area contributed by atoms with Gasteiger partial charge in [0.15, 0.2) is 12.3 Å².